The largest absolute Gasteiger partial charge is 0.467 e. The zero-order chi connectivity index (χ0) is 12.7. The quantitative estimate of drug-likeness (QED) is 0.768. The molecule has 0 saturated heterocycles. The van der Waals surface area contributed by atoms with Crippen LogP contribution in [-0.4, -0.2) is 19.8 Å². The minimum absolute atomic E-state index is 0.0658. The van der Waals surface area contributed by atoms with Crippen molar-refractivity contribution < 1.29 is 18.7 Å². The predicted octanol–water partition coefficient (Wildman–Crippen LogP) is 1.70. The number of hydrogen-bond acceptors (Lipinski definition) is 3. The predicted molar refractivity (Wildman–Crippen MR) is 61.7 cm³/mol. The molecule has 0 fully saturated rings. The minimum atomic E-state index is -0.457. The number of hydrogen-bond donors (Lipinski definition) is 1. The van der Waals surface area contributed by atoms with E-state index >= 15 is 0 Å². The van der Waals surface area contributed by atoms with Crippen LogP contribution in [0.5, 0.6) is 5.75 Å². The van der Waals surface area contributed by atoms with Crippen LogP contribution >= 0.6 is 0 Å². The van der Waals surface area contributed by atoms with Gasteiger partial charge in [0.15, 0.2) is 6.79 Å². The lowest BCUT2D eigenvalue weighted by Gasteiger charge is -2.05. The second-order valence-electron chi connectivity index (χ2n) is 3.31. The van der Waals surface area contributed by atoms with Crippen molar-refractivity contribution in [2.24, 2.45) is 5.73 Å². The Labute approximate surface area is 98.8 Å². The Morgan fingerprint density at radius 1 is 1.53 bits per heavy atom. The molecule has 1 aromatic carbocycles. The second kappa shape index (κ2) is 6.65. The minimum Gasteiger partial charge on any atom is -0.467 e. The van der Waals surface area contributed by atoms with Gasteiger partial charge in [-0.2, -0.15) is 0 Å². The Balaban J connectivity index is 2.68. The third-order valence-electron chi connectivity index (χ3n) is 1.93. The molecule has 0 heterocycles. The van der Waals surface area contributed by atoms with Gasteiger partial charge in [0.05, 0.1) is 0 Å². The van der Waals surface area contributed by atoms with Crippen LogP contribution in [0.25, 0.3) is 6.08 Å². The van der Waals surface area contributed by atoms with Gasteiger partial charge in [0.2, 0.25) is 5.91 Å². The van der Waals surface area contributed by atoms with Crippen LogP contribution in [0.1, 0.15) is 12.0 Å². The number of primary amides is 1. The maximum atomic E-state index is 13.5. The summed E-state index contributed by atoms with van der Waals surface area (Å²) in [5.41, 5.74) is 5.33. The second-order valence-corrected chi connectivity index (χ2v) is 3.31. The van der Waals surface area contributed by atoms with Gasteiger partial charge in [-0.3, -0.25) is 4.79 Å². The lowest BCUT2D eigenvalue weighted by Crippen LogP contribution is -2.07. The third kappa shape index (κ3) is 4.65. The highest BCUT2D eigenvalue weighted by molar-refractivity contribution is 5.76. The van der Waals surface area contributed by atoms with E-state index in [1.165, 1.54) is 25.3 Å². The van der Waals surface area contributed by atoms with E-state index in [2.05, 4.69) is 0 Å². The van der Waals surface area contributed by atoms with Gasteiger partial charge < -0.3 is 15.2 Å². The van der Waals surface area contributed by atoms with Gasteiger partial charge in [0.25, 0.3) is 0 Å². The molecule has 5 heteroatoms. The van der Waals surface area contributed by atoms with E-state index < -0.39 is 11.7 Å². The fourth-order valence-electron chi connectivity index (χ4n) is 1.16. The van der Waals surface area contributed by atoms with Crippen molar-refractivity contribution in [2.45, 2.75) is 6.42 Å². The van der Waals surface area contributed by atoms with Gasteiger partial charge in [-0.15, -0.1) is 0 Å². The number of rotatable bonds is 6. The molecule has 1 rings (SSSR count). The summed E-state index contributed by atoms with van der Waals surface area (Å²) < 4.78 is 23.3. The van der Waals surface area contributed by atoms with Gasteiger partial charge in [-0.05, 0) is 12.1 Å². The van der Waals surface area contributed by atoms with Crippen LogP contribution in [-0.2, 0) is 9.53 Å². The van der Waals surface area contributed by atoms with E-state index in [0.29, 0.717) is 11.3 Å². The van der Waals surface area contributed by atoms with Crippen molar-refractivity contribution in [3.63, 3.8) is 0 Å². The van der Waals surface area contributed by atoms with E-state index in [0.717, 1.165) is 0 Å². The molecule has 0 bridgehead atoms. The van der Waals surface area contributed by atoms with Gasteiger partial charge in [-0.25, -0.2) is 4.39 Å². The first-order valence-electron chi connectivity index (χ1n) is 4.99. The van der Waals surface area contributed by atoms with E-state index in [1.807, 2.05) is 0 Å². The Hall–Kier alpha value is -1.88. The Bertz CT molecular complexity index is 418. The Morgan fingerprint density at radius 2 is 2.29 bits per heavy atom. The smallest absolute Gasteiger partial charge is 0.221 e. The van der Waals surface area contributed by atoms with Crippen LogP contribution in [0.2, 0.25) is 0 Å². The van der Waals surface area contributed by atoms with Gasteiger partial charge in [0, 0.05) is 25.2 Å². The first-order valence-corrected chi connectivity index (χ1v) is 4.99. The molecule has 4 nitrogen and oxygen atoms in total. The summed E-state index contributed by atoms with van der Waals surface area (Å²) in [5.74, 6) is -0.502. The van der Waals surface area contributed by atoms with Crippen LogP contribution in [0.15, 0.2) is 24.3 Å². The number of benzene rings is 1. The zero-order valence-corrected chi connectivity index (χ0v) is 9.48. The fourth-order valence-corrected chi connectivity index (χ4v) is 1.16. The number of amides is 1. The first kappa shape index (κ1) is 13.2. The topological polar surface area (TPSA) is 61.6 Å². The number of nitrogens with two attached hydrogens (primary N) is 1. The fraction of sp³-hybridized carbons (Fsp3) is 0.250. The van der Waals surface area contributed by atoms with Gasteiger partial charge >= 0.3 is 0 Å². The molecule has 0 aliphatic heterocycles. The molecule has 0 unspecified atom stereocenters. The first-order chi connectivity index (χ1) is 8.13. The molecule has 2 N–H and O–H groups in total. The molecule has 0 aromatic heterocycles. The molecule has 0 aliphatic rings. The van der Waals surface area contributed by atoms with Gasteiger partial charge in [0.1, 0.15) is 11.6 Å². The molecule has 92 valence electrons. The number of methoxy groups -OCH3 is 1. The van der Waals surface area contributed by atoms with Crippen molar-refractivity contribution in [2.75, 3.05) is 13.9 Å². The highest BCUT2D eigenvalue weighted by Gasteiger charge is 2.01. The van der Waals surface area contributed by atoms with Crippen LogP contribution in [0, 0.1) is 5.82 Å². The summed E-state index contributed by atoms with van der Waals surface area (Å²) in [4.78, 5) is 10.5. The summed E-state index contributed by atoms with van der Waals surface area (Å²) >= 11 is 0. The number of ether oxygens (including phenoxy) is 2. The molecule has 0 radical (unpaired) electrons. The molecule has 1 aromatic rings. The van der Waals surface area contributed by atoms with Crippen molar-refractivity contribution >= 4 is 12.0 Å². The molecular formula is C12H14FNO3. The maximum absolute atomic E-state index is 13.5. The van der Waals surface area contributed by atoms with E-state index in [1.54, 1.807) is 12.1 Å². The number of carbonyl (C=O) groups is 1. The average Bonchev–Trinajstić information content (AvgIpc) is 2.28. The van der Waals surface area contributed by atoms with E-state index in [9.17, 15) is 9.18 Å². The average molecular weight is 239 g/mol. The van der Waals surface area contributed by atoms with E-state index in [4.69, 9.17) is 15.2 Å². The van der Waals surface area contributed by atoms with Crippen molar-refractivity contribution in [3.05, 3.63) is 35.7 Å². The van der Waals surface area contributed by atoms with Crippen molar-refractivity contribution in [1.29, 1.82) is 0 Å². The molecule has 0 saturated carbocycles. The molecular weight excluding hydrogens is 225 g/mol. The SMILES string of the molecule is COCOc1ccc(C=CCC(N)=O)c(F)c1. The van der Waals surface area contributed by atoms with Crippen LogP contribution in [0.3, 0.4) is 0 Å². The lowest BCUT2D eigenvalue weighted by molar-refractivity contribution is -0.117. The Kier molecular flexibility index (Phi) is 5.16. The normalized spacial score (nSPS) is 10.7. The monoisotopic (exact) mass is 239 g/mol. The van der Waals surface area contributed by atoms with Crippen LogP contribution < -0.4 is 10.5 Å². The molecule has 17 heavy (non-hydrogen) atoms. The van der Waals surface area contributed by atoms with E-state index in [-0.39, 0.29) is 13.2 Å². The highest BCUT2D eigenvalue weighted by atomic mass is 19.1. The molecule has 1 amide bonds. The van der Waals surface area contributed by atoms with Crippen molar-refractivity contribution in [3.8, 4) is 5.75 Å². The lowest BCUT2D eigenvalue weighted by atomic mass is 10.2. The number of carbonyl (C=O) groups excluding carboxylic acids is 1. The summed E-state index contributed by atoms with van der Waals surface area (Å²) in [6, 6.07) is 4.42. The molecule has 0 atom stereocenters. The number of halogens is 1. The zero-order valence-electron chi connectivity index (χ0n) is 9.48. The Morgan fingerprint density at radius 3 is 2.88 bits per heavy atom. The van der Waals surface area contributed by atoms with Gasteiger partial charge in [-0.1, -0.05) is 12.2 Å². The summed E-state index contributed by atoms with van der Waals surface area (Å²) in [7, 11) is 1.48. The molecule has 0 aliphatic carbocycles. The van der Waals surface area contributed by atoms with Crippen LogP contribution in [0.4, 0.5) is 4.39 Å². The molecule has 0 spiro atoms. The third-order valence-corrected chi connectivity index (χ3v) is 1.93. The van der Waals surface area contributed by atoms with Crippen molar-refractivity contribution in [1.82, 2.24) is 0 Å². The summed E-state index contributed by atoms with van der Waals surface area (Å²) in [5, 5.41) is 0. The summed E-state index contributed by atoms with van der Waals surface area (Å²) in [6.07, 6.45) is 3.10. The standard InChI is InChI=1S/C12H14FNO3/c1-16-8-17-10-6-5-9(11(13)7-10)3-2-4-12(14)15/h2-3,5-7H,4,8H2,1H3,(H2,14,15). The maximum Gasteiger partial charge on any atom is 0.221 e. The highest BCUT2D eigenvalue weighted by Crippen LogP contribution is 2.17. The summed E-state index contributed by atoms with van der Waals surface area (Å²) in [6.45, 7) is 0.0658.